The molecule has 2 N–H and O–H groups in total. The molecule has 1 aliphatic carbocycles. The van der Waals surface area contributed by atoms with E-state index in [1.54, 1.807) is 12.1 Å². The predicted octanol–water partition coefficient (Wildman–Crippen LogP) is 1.85. The molecule has 0 bridgehead atoms. The average Bonchev–Trinajstić information content (AvgIpc) is 3.03. The third-order valence-electron chi connectivity index (χ3n) is 5.06. The first-order valence-electron chi connectivity index (χ1n) is 8.19. The Morgan fingerprint density at radius 1 is 1.18 bits per heavy atom. The molecule has 2 aliphatic rings. The molecule has 1 heterocycles. The van der Waals surface area contributed by atoms with Crippen LogP contribution in [0.5, 0.6) is 0 Å². The van der Waals surface area contributed by atoms with Gasteiger partial charge in [-0.2, -0.15) is 0 Å². The molecule has 2 atom stereocenters. The van der Waals surface area contributed by atoms with Crippen LogP contribution in [-0.4, -0.2) is 43.5 Å². The normalized spacial score (nSPS) is 25.5. The zero-order valence-electron chi connectivity index (χ0n) is 12.9. The zero-order chi connectivity index (χ0) is 15.5. The maximum absolute atomic E-state index is 13.8. The highest BCUT2D eigenvalue weighted by atomic mass is 19.1. The minimum Gasteiger partial charge on any atom is -0.366 e. The third-order valence-corrected chi connectivity index (χ3v) is 5.06. The number of nitrogens with zero attached hydrogens (tertiary/aromatic N) is 2. The van der Waals surface area contributed by atoms with Gasteiger partial charge in [0.15, 0.2) is 0 Å². The van der Waals surface area contributed by atoms with E-state index in [-0.39, 0.29) is 17.6 Å². The van der Waals surface area contributed by atoms with Crippen LogP contribution in [0.25, 0.3) is 0 Å². The highest BCUT2D eigenvalue weighted by Gasteiger charge is 2.35. The molecule has 5 heteroatoms. The molecular formula is C17H24FN3O. The quantitative estimate of drug-likeness (QED) is 0.927. The monoisotopic (exact) mass is 305 g/mol. The van der Waals surface area contributed by atoms with E-state index in [0.29, 0.717) is 44.3 Å². The van der Waals surface area contributed by atoms with Crippen molar-refractivity contribution in [3.8, 4) is 0 Å². The Bertz CT molecular complexity index is 528. The zero-order valence-corrected chi connectivity index (χ0v) is 12.9. The molecule has 4 nitrogen and oxygen atoms in total. The number of piperazine rings is 1. The van der Waals surface area contributed by atoms with Crippen molar-refractivity contribution >= 4 is 11.6 Å². The number of para-hydroxylation sites is 1. The molecule has 1 aliphatic heterocycles. The molecule has 1 saturated heterocycles. The molecule has 0 aromatic heterocycles. The molecule has 22 heavy (non-hydrogen) atoms. The Morgan fingerprint density at radius 3 is 2.59 bits per heavy atom. The number of hydrogen-bond donors (Lipinski definition) is 1. The number of hydrogen-bond acceptors (Lipinski definition) is 3. The van der Waals surface area contributed by atoms with Gasteiger partial charge in [-0.3, -0.25) is 4.79 Å². The number of amides is 1. The Balaban J connectivity index is 1.60. The van der Waals surface area contributed by atoms with E-state index in [4.69, 9.17) is 5.73 Å². The van der Waals surface area contributed by atoms with Gasteiger partial charge in [0.05, 0.1) is 5.69 Å². The van der Waals surface area contributed by atoms with E-state index in [2.05, 4.69) is 0 Å². The summed E-state index contributed by atoms with van der Waals surface area (Å²) in [5, 5.41) is 0. The lowest BCUT2D eigenvalue weighted by atomic mass is 9.94. The SMILES string of the molecule is NC[C@H]1CCC[C@H]1C(=O)N1CCN(c2ccccc2F)CC1. The number of anilines is 1. The summed E-state index contributed by atoms with van der Waals surface area (Å²) in [5.74, 6) is 0.504. The standard InChI is InChI=1S/C17H24FN3O/c18-15-6-1-2-7-16(15)20-8-10-21(11-9-20)17(22)14-5-3-4-13(14)12-19/h1-2,6-7,13-14H,3-5,8-12,19H2/t13-,14-/m1/s1. The fourth-order valence-electron chi connectivity index (χ4n) is 3.75. The molecule has 1 aromatic carbocycles. The first-order valence-corrected chi connectivity index (χ1v) is 8.19. The molecular weight excluding hydrogens is 281 g/mol. The molecule has 120 valence electrons. The van der Waals surface area contributed by atoms with Gasteiger partial charge >= 0.3 is 0 Å². The van der Waals surface area contributed by atoms with Crippen LogP contribution < -0.4 is 10.6 Å². The fraction of sp³-hybridized carbons (Fsp3) is 0.588. The van der Waals surface area contributed by atoms with E-state index in [9.17, 15) is 9.18 Å². The summed E-state index contributed by atoms with van der Waals surface area (Å²) >= 11 is 0. The Morgan fingerprint density at radius 2 is 1.91 bits per heavy atom. The molecule has 2 fully saturated rings. The van der Waals surface area contributed by atoms with Crippen molar-refractivity contribution in [3.63, 3.8) is 0 Å². The van der Waals surface area contributed by atoms with Crippen molar-refractivity contribution in [1.29, 1.82) is 0 Å². The largest absolute Gasteiger partial charge is 0.366 e. The van der Waals surface area contributed by atoms with Crippen LogP contribution in [0.4, 0.5) is 10.1 Å². The van der Waals surface area contributed by atoms with Crippen molar-refractivity contribution in [2.24, 2.45) is 17.6 Å². The molecule has 3 rings (SSSR count). The summed E-state index contributed by atoms with van der Waals surface area (Å²) in [4.78, 5) is 16.6. The van der Waals surface area contributed by atoms with Gasteiger partial charge in [0.1, 0.15) is 5.82 Å². The van der Waals surface area contributed by atoms with Crippen LogP contribution >= 0.6 is 0 Å². The van der Waals surface area contributed by atoms with E-state index in [0.717, 1.165) is 19.3 Å². The van der Waals surface area contributed by atoms with Gasteiger partial charge in [0.25, 0.3) is 0 Å². The number of carbonyl (C=O) groups is 1. The van der Waals surface area contributed by atoms with Gasteiger partial charge in [-0.25, -0.2) is 4.39 Å². The summed E-state index contributed by atoms with van der Waals surface area (Å²) in [6, 6.07) is 6.83. The lowest BCUT2D eigenvalue weighted by Gasteiger charge is -2.38. The third kappa shape index (κ3) is 2.95. The lowest BCUT2D eigenvalue weighted by molar-refractivity contribution is -0.136. The molecule has 1 saturated carbocycles. The highest BCUT2D eigenvalue weighted by Crippen LogP contribution is 2.32. The first kappa shape index (κ1) is 15.3. The van der Waals surface area contributed by atoms with Crippen molar-refractivity contribution in [2.45, 2.75) is 19.3 Å². The van der Waals surface area contributed by atoms with Crippen molar-refractivity contribution in [1.82, 2.24) is 4.90 Å². The van der Waals surface area contributed by atoms with Gasteiger partial charge in [0.2, 0.25) is 5.91 Å². The average molecular weight is 305 g/mol. The van der Waals surface area contributed by atoms with E-state index >= 15 is 0 Å². The second-order valence-corrected chi connectivity index (χ2v) is 6.30. The van der Waals surface area contributed by atoms with E-state index in [1.807, 2.05) is 15.9 Å². The second kappa shape index (κ2) is 6.65. The van der Waals surface area contributed by atoms with Crippen LogP contribution in [0.3, 0.4) is 0 Å². The van der Waals surface area contributed by atoms with E-state index < -0.39 is 0 Å². The second-order valence-electron chi connectivity index (χ2n) is 6.30. The first-order chi connectivity index (χ1) is 10.7. The summed E-state index contributed by atoms with van der Waals surface area (Å²) in [6.45, 7) is 3.31. The highest BCUT2D eigenvalue weighted by molar-refractivity contribution is 5.79. The van der Waals surface area contributed by atoms with Gasteiger partial charge in [-0.1, -0.05) is 18.6 Å². The van der Waals surface area contributed by atoms with Crippen LogP contribution in [0.2, 0.25) is 0 Å². The van der Waals surface area contributed by atoms with Crippen LogP contribution in [0.15, 0.2) is 24.3 Å². The van der Waals surface area contributed by atoms with Gasteiger partial charge in [0, 0.05) is 32.1 Å². The number of nitrogens with two attached hydrogens (primary N) is 1. The smallest absolute Gasteiger partial charge is 0.226 e. The minimum absolute atomic E-state index is 0.102. The molecule has 1 amide bonds. The molecule has 0 unspecified atom stereocenters. The maximum Gasteiger partial charge on any atom is 0.226 e. The molecule has 0 radical (unpaired) electrons. The van der Waals surface area contributed by atoms with Crippen molar-refractivity contribution in [3.05, 3.63) is 30.1 Å². The maximum atomic E-state index is 13.8. The van der Waals surface area contributed by atoms with Crippen molar-refractivity contribution < 1.29 is 9.18 Å². The molecule has 1 aromatic rings. The topological polar surface area (TPSA) is 49.6 Å². The lowest BCUT2D eigenvalue weighted by Crippen LogP contribution is -2.51. The summed E-state index contributed by atoms with van der Waals surface area (Å²) < 4.78 is 13.8. The summed E-state index contributed by atoms with van der Waals surface area (Å²) in [5.41, 5.74) is 6.42. The van der Waals surface area contributed by atoms with Gasteiger partial charge < -0.3 is 15.5 Å². The van der Waals surface area contributed by atoms with Crippen LogP contribution in [0, 0.1) is 17.7 Å². The van der Waals surface area contributed by atoms with Gasteiger partial charge in [-0.15, -0.1) is 0 Å². The summed E-state index contributed by atoms with van der Waals surface area (Å²) in [6.07, 6.45) is 3.14. The Kier molecular flexibility index (Phi) is 4.62. The molecule has 0 spiro atoms. The minimum atomic E-state index is -0.193. The number of benzene rings is 1. The van der Waals surface area contributed by atoms with Crippen LogP contribution in [-0.2, 0) is 4.79 Å². The van der Waals surface area contributed by atoms with Crippen molar-refractivity contribution in [2.75, 3.05) is 37.6 Å². The van der Waals surface area contributed by atoms with E-state index in [1.165, 1.54) is 6.07 Å². The number of carbonyl (C=O) groups excluding carboxylic acids is 1. The predicted molar refractivity (Wildman–Crippen MR) is 85.1 cm³/mol. The number of halogens is 1. The fourth-order valence-corrected chi connectivity index (χ4v) is 3.75. The van der Waals surface area contributed by atoms with Crippen LogP contribution in [0.1, 0.15) is 19.3 Å². The summed E-state index contributed by atoms with van der Waals surface area (Å²) in [7, 11) is 0. The Labute approximate surface area is 131 Å². The van der Waals surface area contributed by atoms with Gasteiger partial charge in [-0.05, 0) is 37.4 Å². The number of rotatable bonds is 3. The Hall–Kier alpha value is -1.62.